The van der Waals surface area contributed by atoms with Crippen molar-refractivity contribution in [3.63, 3.8) is 0 Å². The smallest absolute Gasteiger partial charge is 0.293 e. The van der Waals surface area contributed by atoms with Crippen LogP contribution in [0, 0.1) is 12.7 Å². The summed E-state index contributed by atoms with van der Waals surface area (Å²) in [6.07, 6.45) is 2.09. The second-order valence-electron chi connectivity index (χ2n) is 6.54. The fourth-order valence-corrected chi connectivity index (χ4v) is 4.57. The molecular formula is C20H17FN2O4S. The standard InChI is InChI=1S/C20H17FN2O4S/c1-13-4-6-15(21)11-19(13)28(25,26)22-16-7-5-14-8-9-23(17(14)12-16)20(24)18-3-2-10-27-18/h2-7,10-12,22H,8-9H2,1H3. The molecule has 28 heavy (non-hydrogen) atoms. The van der Waals surface area contributed by atoms with E-state index in [4.69, 9.17) is 4.42 Å². The van der Waals surface area contributed by atoms with Crippen LogP contribution in [0.4, 0.5) is 15.8 Å². The summed E-state index contributed by atoms with van der Waals surface area (Å²) in [6.45, 7) is 2.08. The number of carbonyl (C=O) groups is 1. The molecule has 0 radical (unpaired) electrons. The number of nitrogens with zero attached hydrogens (tertiary/aromatic N) is 1. The highest BCUT2D eigenvalue weighted by Gasteiger charge is 2.28. The van der Waals surface area contributed by atoms with Gasteiger partial charge < -0.3 is 9.32 Å². The van der Waals surface area contributed by atoms with E-state index in [0.29, 0.717) is 29.9 Å². The van der Waals surface area contributed by atoms with Gasteiger partial charge in [0, 0.05) is 12.2 Å². The first-order chi connectivity index (χ1) is 13.3. The van der Waals surface area contributed by atoms with Crippen LogP contribution < -0.4 is 9.62 Å². The van der Waals surface area contributed by atoms with E-state index < -0.39 is 15.8 Å². The van der Waals surface area contributed by atoms with E-state index in [-0.39, 0.29) is 16.6 Å². The van der Waals surface area contributed by atoms with Crippen LogP contribution in [0.1, 0.15) is 21.7 Å². The van der Waals surface area contributed by atoms with Crippen LogP contribution in [0.25, 0.3) is 0 Å². The predicted molar refractivity (Wildman–Crippen MR) is 102 cm³/mol. The zero-order chi connectivity index (χ0) is 19.9. The number of carbonyl (C=O) groups excluding carboxylic acids is 1. The normalized spacial score (nSPS) is 13.4. The summed E-state index contributed by atoms with van der Waals surface area (Å²) < 4.78 is 46.6. The largest absolute Gasteiger partial charge is 0.459 e. The molecule has 0 unspecified atom stereocenters. The Hall–Kier alpha value is -3.13. The Balaban J connectivity index is 1.65. The van der Waals surface area contributed by atoms with Gasteiger partial charge in [-0.05, 0) is 60.9 Å². The van der Waals surface area contributed by atoms with E-state index in [9.17, 15) is 17.6 Å². The van der Waals surface area contributed by atoms with Gasteiger partial charge in [-0.3, -0.25) is 9.52 Å². The molecule has 1 aliphatic heterocycles. The van der Waals surface area contributed by atoms with E-state index >= 15 is 0 Å². The minimum Gasteiger partial charge on any atom is -0.459 e. The van der Waals surface area contributed by atoms with Crippen molar-refractivity contribution < 1.29 is 22.0 Å². The van der Waals surface area contributed by atoms with E-state index in [2.05, 4.69) is 4.72 Å². The maximum atomic E-state index is 13.5. The van der Waals surface area contributed by atoms with Crippen molar-refractivity contribution >= 4 is 27.3 Å². The molecule has 6 nitrogen and oxygen atoms in total. The number of rotatable bonds is 4. The molecule has 1 amide bonds. The van der Waals surface area contributed by atoms with Crippen molar-refractivity contribution in [1.82, 2.24) is 0 Å². The van der Waals surface area contributed by atoms with E-state index in [1.165, 1.54) is 18.4 Å². The maximum Gasteiger partial charge on any atom is 0.293 e. The van der Waals surface area contributed by atoms with Gasteiger partial charge in [0.25, 0.3) is 15.9 Å². The summed E-state index contributed by atoms with van der Waals surface area (Å²) >= 11 is 0. The molecule has 8 heteroatoms. The van der Waals surface area contributed by atoms with Gasteiger partial charge in [-0.2, -0.15) is 0 Å². The molecular weight excluding hydrogens is 383 g/mol. The first-order valence-corrected chi connectivity index (χ1v) is 10.1. The zero-order valence-electron chi connectivity index (χ0n) is 15.0. The lowest BCUT2D eigenvalue weighted by atomic mass is 10.1. The van der Waals surface area contributed by atoms with Crippen molar-refractivity contribution in [1.29, 1.82) is 0 Å². The van der Waals surface area contributed by atoms with Crippen LogP contribution in [0.5, 0.6) is 0 Å². The van der Waals surface area contributed by atoms with Crippen LogP contribution >= 0.6 is 0 Å². The Labute approximate surface area is 161 Å². The van der Waals surface area contributed by atoms with Crippen molar-refractivity contribution in [2.24, 2.45) is 0 Å². The molecule has 2 heterocycles. The number of hydrogen-bond donors (Lipinski definition) is 1. The number of furan rings is 1. The number of nitrogens with one attached hydrogen (secondary N) is 1. The number of amides is 1. The Morgan fingerprint density at radius 3 is 2.75 bits per heavy atom. The second-order valence-corrected chi connectivity index (χ2v) is 8.19. The molecule has 1 aliphatic rings. The third-order valence-corrected chi connectivity index (χ3v) is 6.17. The van der Waals surface area contributed by atoms with Crippen LogP contribution in [0.3, 0.4) is 0 Å². The summed E-state index contributed by atoms with van der Waals surface area (Å²) in [4.78, 5) is 14.0. The average molecular weight is 400 g/mol. The van der Waals surface area contributed by atoms with Gasteiger partial charge in [0.1, 0.15) is 5.82 Å². The Morgan fingerprint density at radius 1 is 1.18 bits per heavy atom. The Morgan fingerprint density at radius 2 is 2.00 bits per heavy atom. The van der Waals surface area contributed by atoms with E-state index in [1.54, 1.807) is 42.2 Å². The monoisotopic (exact) mass is 400 g/mol. The van der Waals surface area contributed by atoms with Crippen molar-refractivity contribution in [2.75, 3.05) is 16.2 Å². The van der Waals surface area contributed by atoms with Crippen LogP contribution in [-0.4, -0.2) is 20.9 Å². The third kappa shape index (κ3) is 3.27. The highest BCUT2D eigenvalue weighted by atomic mass is 32.2. The van der Waals surface area contributed by atoms with Gasteiger partial charge >= 0.3 is 0 Å². The van der Waals surface area contributed by atoms with Crippen molar-refractivity contribution in [3.05, 3.63) is 77.5 Å². The Kier molecular flexibility index (Phi) is 4.43. The van der Waals surface area contributed by atoms with E-state index in [0.717, 1.165) is 11.6 Å². The summed E-state index contributed by atoms with van der Waals surface area (Å²) in [6, 6.07) is 11.8. The number of aryl methyl sites for hydroxylation is 1. The lowest BCUT2D eigenvalue weighted by Crippen LogP contribution is -2.28. The van der Waals surface area contributed by atoms with Gasteiger partial charge in [0.05, 0.1) is 16.8 Å². The molecule has 2 aromatic carbocycles. The fourth-order valence-electron chi connectivity index (χ4n) is 3.26. The number of hydrogen-bond acceptors (Lipinski definition) is 4. The van der Waals surface area contributed by atoms with E-state index in [1.807, 2.05) is 0 Å². The molecule has 0 saturated carbocycles. The highest BCUT2D eigenvalue weighted by molar-refractivity contribution is 7.92. The average Bonchev–Trinajstić information content (AvgIpc) is 3.32. The summed E-state index contributed by atoms with van der Waals surface area (Å²) in [5, 5.41) is 0. The molecule has 1 aromatic heterocycles. The highest BCUT2D eigenvalue weighted by Crippen LogP contribution is 2.33. The molecule has 0 bridgehead atoms. The van der Waals surface area contributed by atoms with Gasteiger partial charge in [0.2, 0.25) is 0 Å². The number of sulfonamides is 1. The van der Waals surface area contributed by atoms with Crippen molar-refractivity contribution in [2.45, 2.75) is 18.2 Å². The third-order valence-electron chi connectivity index (χ3n) is 4.65. The molecule has 1 N–H and O–H groups in total. The lowest BCUT2D eigenvalue weighted by Gasteiger charge is -2.17. The number of halogens is 1. The summed E-state index contributed by atoms with van der Waals surface area (Å²) in [7, 11) is -3.98. The lowest BCUT2D eigenvalue weighted by molar-refractivity contribution is 0.0963. The molecule has 0 aliphatic carbocycles. The molecule has 144 valence electrons. The summed E-state index contributed by atoms with van der Waals surface area (Å²) in [5.74, 6) is -0.700. The maximum absolute atomic E-state index is 13.5. The Bertz CT molecular complexity index is 1160. The van der Waals surface area contributed by atoms with Crippen LogP contribution in [0.15, 0.2) is 64.1 Å². The topological polar surface area (TPSA) is 79.6 Å². The quantitative estimate of drug-likeness (QED) is 0.724. The summed E-state index contributed by atoms with van der Waals surface area (Å²) in [5.41, 5.74) is 2.29. The first-order valence-electron chi connectivity index (χ1n) is 8.62. The minimum atomic E-state index is -3.98. The number of fused-ring (bicyclic) bond motifs is 1. The number of anilines is 2. The second kappa shape index (κ2) is 6.79. The predicted octanol–water partition coefficient (Wildman–Crippen LogP) is 3.73. The van der Waals surface area contributed by atoms with Gasteiger partial charge in [-0.15, -0.1) is 0 Å². The van der Waals surface area contributed by atoms with Crippen molar-refractivity contribution in [3.8, 4) is 0 Å². The molecule has 3 aromatic rings. The van der Waals surface area contributed by atoms with Gasteiger partial charge in [-0.25, -0.2) is 12.8 Å². The number of benzene rings is 2. The fraction of sp³-hybridized carbons (Fsp3) is 0.150. The van der Waals surface area contributed by atoms with Crippen LogP contribution in [-0.2, 0) is 16.4 Å². The van der Waals surface area contributed by atoms with Gasteiger partial charge in [0.15, 0.2) is 5.76 Å². The zero-order valence-corrected chi connectivity index (χ0v) is 15.8. The first kappa shape index (κ1) is 18.2. The molecule has 0 saturated heterocycles. The van der Waals surface area contributed by atoms with Crippen LogP contribution in [0.2, 0.25) is 0 Å². The molecule has 4 rings (SSSR count). The SMILES string of the molecule is Cc1ccc(F)cc1S(=O)(=O)Nc1ccc2c(c1)N(C(=O)c1ccco1)CC2. The molecule has 0 atom stereocenters. The van der Waals surface area contributed by atoms with Gasteiger partial charge in [-0.1, -0.05) is 12.1 Å². The minimum absolute atomic E-state index is 0.128. The molecule has 0 fully saturated rings. The molecule has 0 spiro atoms.